The summed E-state index contributed by atoms with van der Waals surface area (Å²) in [6.07, 6.45) is 4.32. The lowest BCUT2D eigenvalue weighted by Gasteiger charge is -2.17. The van der Waals surface area contributed by atoms with Gasteiger partial charge in [-0.15, -0.1) is 0 Å². The lowest BCUT2D eigenvalue weighted by atomic mass is 9.98. The number of ether oxygens (including phenoxy) is 1. The normalized spacial score (nSPS) is 11.9. The van der Waals surface area contributed by atoms with Crippen molar-refractivity contribution in [2.75, 3.05) is 43.7 Å². The largest absolute Gasteiger partial charge is 0.480 e. The van der Waals surface area contributed by atoms with Gasteiger partial charge in [-0.25, -0.2) is 9.59 Å². The minimum absolute atomic E-state index is 0. The number of carbonyl (C=O) groups excluding carboxylic acids is 2. The Bertz CT molecular complexity index is 1010. The molecule has 2 amide bonds. The Labute approximate surface area is 268 Å². The fourth-order valence-electron chi connectivity index (χ4n) is 3.96. The third-order valence-electron chi connectivity index (χ3n) is 5.87. The lowest BCUT2D eigenvalue weighted by molar-refractivity contribution is -0.139. The molecule has 2 atom stereocenters. The van der Waals surface area contributed by atoms with Crippen LogP contribution in [-0.4, -0.2) is 78.9 Å². The molecular weight excluding hydrogens is 585 g/mol. The number of benzene rings is 2. The standard InChI is InChI=1S/C20H21NO4S.C7H16N2OS.C2H7N.3CH4/c1-26-11-10-18(19(22)23)21-20(24)25-12-17-15-8-4-2-6-13(15)14-7-3-5-9-16(14)17;1-3-9-7(10)6(8)4-5-11-2;1-2-3;;;/h2-9,17-18H,10-12H2,1H3,(H,21,24)(H,22,23);6H,3-5,8H2,1-2H3,(H,9,10);2-3H2,1H3;3*1H4/t18-;6-;;;;/m00..../s1. The van der Waals surface area contributed by atoms with Crippen molar-refractivity contribution in [1.82, 2.24) is 10.6 Å². The van der Waals surface area contributed by atoms with Crippen molar-refractivity contribution in [3.8, 4) is 11.1 Å². The minimum Gasteiger partial charge on any atom is -0.480 e. The first-order chi connectivity index (χ1) is 19.2. The molecule has 0 saturated carbocycles. The fraction of sp³-hybridized carbons (Fsp3) is 0.531. The number of alkyl carbamates (subject to hydrolysis) is 1. The summed E-state index contributed by atoms with van der Waals surface area (Å²) in [6, 6.07) is 14.9. The van der Waals surface area contributed by atoms with E-state index in [1.807, 2.05) is 62.8 Å². The maximum absolute atomic E-state index is 12.1. The van der Waals surface area contributed by atoms with Crippen LogP contribution in [0.5, 0.6) is 0 Å². The Hall–Kier alpha value is -2.73. The number of carboxylic acid groups (broad SMARTS) is 1. The van der Waals surface area contributed by atoms with Crippen LogP contribution in [0.3, 0.4) is 0 Å². The minimum atomic E-state index is -1.05. The summed E-state index contributed by atoms with van der Waals surface area (Å²) in [7, 11) is 0. The first-order valence-corrected chi connectivity index (χ1v) is 16.1. The molecule has 0 bridgehead atoms. The molecule has 0 fully saturated rings. The molecule has 1 aliphatic rings. The summed E-state index contributed by atoms with van der Waals surface area (Å²) in [4.78, 5) is 34.4. The summed E-state index contributed by atoms with van der Waals surface area (Å²) in [5.41, 5.74) is 15.0. The maximum atomic E-state index is 12.1. The zero-order valence-corrected chi connectivity index (χ0v) is 25.5. The van der Waals surface area contributed by atoms with Crippen molar-refractivity contribution < 1.29 is 24.2 Å². The van der Waals surface area contributed by atoms with Crippen molar-refractivity contribution >= 4 is 41.5 Å². The third-order valence-corrected chi connectivity index (χ3v) is 7.15. The van der Waals surface area contributed by atoms with E-state index in [4.69, 9.17) is 16.2 Å². The van der Waals surface area contributed by atoms with Gasteiger partial charge in [-0.3, -0.25) is 4.79 Å². The molecule has 3 rings (SSSR count). The van der Waals surface area contributed by atoms with E-state index in [-0.39, 0.29) is 46.8 Å². The number of carbonyl (C=O) groups is 3. The molecule has 9 nitrogen and oxygen atoms in total. The Morgan fingerprint density at radius 1 is 0.907 bits per heavy atom. The monoisotopic (exact) mass is 640 g/mol. The van der Waals surface area contributed by atoms with Crippen molar-refractivity contribution in [2.24, 2.45) is 11.5 Å². The summed E-state index contributed by atoms with van der Waals surface area (Å²) in [6.45, 7) is 5.37. The van der Waals surface area contributed by atoms with Gasteiger partial charge in [0.2, 0.25) is 5.91 Å². The zero-order chi connectivity index (χ0) is 29.9. The summed E-state index contributed by atoms with van der Waals surface area (Å²) in [5.74, 6) is 0.468. The Morgan fingerprint density at radius 2 is 1.37 bits per heavy atom. The predicted molar refractivity (Wildman–Crippen MR) is 187 cm³/mol. The highest BCUT2D eigenvalue weighted by atomic mass is 32.2. The molecular formula is C32H56N4O5S2. The molecule has 0 unspecified atom stereocenters. The highest BCUT2D eigenvalue weighted by Crippen LogP contribution is 2.44. The molecule has 2 aromatic carbocycles. The molecule has 0 aliphatic heterocycles. The summed E-state index contributed by atoms with van der Waals surface area (Å²) >= 11 is 3.24. The fourth-order valence-corrected chi connectivity index (χ4v) is 4.92. The Balaban J connectivity index is -0.000000804. The van der Waals surface area contributed by atoms with E-state index in [0.717, 1.165) is 41.0 Å². The van der Waals surface area contributed by atoms with Gasteiger partial charge >= 0.3 is 12.1 Å². The van der Waals surface area contributed by atoms with Gasteiger partial charge in [-0.2, -0.15) is 23.5 Å². The molecule has 0 aromatic heterocycles. The van der Waals surface area contributed by atoms with Crippen LogP contribution in [-0.2, 0) is 14.3 Å². The van der Waals surface area contributed by atoms with E-state index in [9.17, 15) is 19.5 Å². The second-order valence-electron chi connectivity index (χ2n) is 8.83. The van der Waals surface area contributed by atoms with Crippen molar-refractivity contribution in [3.63, 3.8) is 0 Å². The zero-order valence-electron chi connectivity index (χ0n) is 23.9. The van der Waals surface area contributed by atoms with Crippen molar-refractivity contribution in [2.45, 2.75) is 67.0 Å². The van der Waals surface area contributed by atoms with Crippen LogP contribution in [0.15, 0.2) is 48.5 Å². The van der Waals surface area contributed by atoms with Gasteiger partial charge in [-0.05, 0) is 72.6 Å². The molecule has 0 radical (unpaired) electrons. The van der Waals surface area contributed by atoms with Gasteiger partial charge in [0.1, 0.15) is 12.6 Å². The van der Waals surface area contributed by atoms with Gasteiger partial charge in [-0.1, -0.05) is 77.7 Å². The number of nitrogens with one attached hydrogen (secondary N) is 2. The van der Waals surface area contributed by atoms with Gasteiger partial charge in [0.25, 0.3) is 0 Å². The number of carboxylic acids is 1. The highest BCUT2D eigenvalue weighted by Gasteiger charge is 2.29. The average Bonchev–Trinajstić information content (AvgIpc) is 3.27. The molecule has 2 aromatic rings. The van der Waals surface area contributed by atoms with Crippen LogP contribution in [0.1, 0.15) is 66.0 Å². The van der Waals surface area contributed by atoms with Crippen molar-refractivity contribution in [1.29, 1.82) is 0 Å². The number of likely N-dealkylation sites (N-methyl/N-ethyl adjacent to an activating group) is 1. The first-order valence-electron chi connectivity index (χ1n) is 13.3. The molecule has 0 spiro atoms. The molecule has 1 aliphatic carbocycles. The number of hydrogen-bond donors (Lipinski definition) is 5. The van der Waals surface area contributed by atoms with E-state index in [0.29, 0.717) is 18.7 Å². The quantitative estimate of drug-likeness (QED) is 0.193. The van der Waals surface area contributed by atoms with Crippen LogP contribution in [0, 0.1) is 0 Å². The predicted octanol–water partition coefficient (Wildman–Crippen LogP) is 5.81. The maximum Gasteiger partial charge on any atom is 0.407 e. The number of rotatable bonds is 12. The summed E-state index contributed by atoms with van der Waals surface area (Å²) in [5, 5.41) is 14.3. The van der Waals surface area contributed by atoms with Gasteiger partial charge in [0.15, 0.2) is 0 Å². The van der Waals surface area contributed by atoms with Gasteiger partial charge < -0.3 is 31.9 Å². The topological polar surface area (TPSA) is 157 Å². The third kappa shape index (κ3) is 15.5. The number of thioether (sulfide) groups is 2. The SMILES string of the molecule is C.C.C.CCN.CCNC(=O)[C@@H](N)CCSC.CSCC[C@H](NC(=O)OCC1c2ccccc2-c2ccccc21)C(=O)O. The number of aliphatic carboxylic acids is 1. The number of hydrogen-bond acceptors (Lipinski definition) is 8. The van der Waals surface area contributed by atoms with E-state index in [1.54, 1.807) is 11.8 Å². The van der Waals surface area contributed by atoms with Crippen LogP contribution in [0.2, 0.25) is 0 Å². The number of fused-ring (bicyclic) bond motifs is 3. The molecule has 7 N–H and O–H groups in total. The number of nitrogens with two attached hydrogens (primary N) is 2. The van der Waals surface area contributed by atoms with Crippen LogP contribution in [0.4, 0.5) is 4.79 Å². The van der Waals surface area contributed by atoms with E-state index < -0.39 is 18.1 Å². The van der Waals surface area contributed by atoms with E-state index in [1.165, 1.54) is 11.8 Å². The second-order valence-corrected chi connectivity index (χ2v) is 10.8. The molecule has 246 valence electrons. The Morgan fingerprint density at radius 3 is 1.81 bits per heavy atom. The molecule has 0 heterocycles. The molecule has 11 heteroatoms. The van der Waals surface area contributed by atoms with Crippen LogP contribution in [0.25, 0.3) is 11.1 Å². The van der Waals surface area contributed by atoms with Gasteiger partial charge in [0.05, 0.1) is 6.04 Å². The smallest absolute Gasteiger partial charge is 0.407 e. The van der Waals surface area contributed by atoms with Crippen molar-refractivity contribution in [3.05, 3.63) is 59.7 Å². The van der Waals surface area contributed by atoms with Crippen LogP contribution < -0.4 is 22.1 Å². The molecule has 0 saturated heterocycles. The Kier molecular flexibility index (Phi) is 26.8. The van der Waals surface area contributed by atoms with Crippen LogP contribution >= 0.6 is 23.5 Å². The highest BCUT2D eigenvalue weighted by molar-refractivity contribution is 7.98. The first kappa shape index (κ1) is 44.7. The van der Waals surface area contributed by atoms with Gasteiger partial charge in [0, 0.05) is 12.5 Å². The van der Waals surface area contributed by atoms with E-state index in [2.05, 4.69) is 22.8 Å². The lowest BCUT2D eigenvalue weighted by Crippen LogP contribution is -2.41. The average molecular weight is 641 g/mol. The summed E-state index contributed by atoms with van der Waals surface area (Å²) < 4.78 is 5.38. The second kappa shape index (κ2) is 25.7. The molecule has 43 heavy (non-hydrogen) atoms. The number of amides is 2. The van der Waals surface area contributed by atoms with E-state index >= 15 is 0 Å².